The molecule has 6 nitrogen and oxygen atoms in total. The molecule has 1 fully saturated rings. The zero-order valence-electron chi connectivity index (χ0n) is 14.9. The summed E-state index contributed by atoms with van der Waals surface area (Å²) >= 11 is 0. The Morgan fingerprint density at radius 3 is 2.42 bits per heavy atom. The average molecular weight is 345 g/mol. The van der Waals surface area contributed by atoms with E-state index in [2.05, 4.69) is 43.1 Å². The highest BCUT2D eigenvalue weighted by molar-refractivity contribution is 6.00. The summed E-state index contributed by atoms with van der Waals surface area (Å²) in [6.07, 6.45) is 5.35. The van der Waals surface area contributed by atoms with Crippen molar-refractivity contribution in [3.63, 3.8) is 0 Å². The zero-order chi connectivity index (χ0) is 18.9. The molecule has 0 radical (unpaired) electrons. The monoisotopic (exact) mass is 345 g/mol. The number of pyridine rings is 1. The first-order valence-corrected chi connectivity index (χ1v) is 8.75. The molecule has 2 aliphatic rings. The third-order valence-electron chi connectivity index (χ3n) is 5.79. The highest BCUT2D eigenvalue weighted by atomic mass is 15.2. The van der Waals surface area contributed by atoms with E-state index in [1.165, 1.54) is 4.90 Å². The van der Waals surface area contributed by atoms with Crippen LogP contribution in [0.1, 0.15) is 25.3 Å². The van der Waals surface area contributed by atoms with E-state index in [9.17, 15) is 15.8 Å². The summed E-state index contributed by atoms with van der Waals surface area (Å²) in [5, 5.41) is 38.2. The van der Waals surface area contributed by atoms with E-state index >= 15 is 0 Å². The van der Waals surface area contributed by atoms with Crippen molar-refractivity contribution in [2.24, 2.45) is 17.3 Å². The molecular formula is C20H21N6+. The maximum Gasteiger partial charge on any atom is 0.189 e. The molecule has 4 atom stereocenters. The molecule has 1 aromatic heterocycles. The Balaban J connectivity index is 2.23. The molecule has 2 unspecified atom stereocenters. The summed E-state index contributed by atoms with van der Waals surface area (Å²) in [6, 6.07) is 10.4. The van der Waals surface area contributed by atoms with Gasteiger partial charge in [0.05, 0.1) is 43.1 Å². The van der Waals surface area contributed by atoms with Crippen LogP contribution in [-0.2, 0) is 0 Å². The second-order valence-corrected chi connectivity index (χ2v) is 7.30. The number of nitrogens with zero attached hydrogens (tertiary/aromatic N) is 4. The molecule has 26 heavy (non-hydrogen) atoms. The molecule has 3 rings (SSSR count). The topological polar surface area (TPSA) is 113 Å². The number of nitrogens with one attached hydrogen (secondary N) is 2. The lowest BCUT2D eigenvalue weighted by atomic mass is 9.54. The molecule has 130 valence electrons. The van der Waals surface area contributed by atoms with Crippen molar-refractivity contribution in [3.05, 3.63) is 41.7 Å². The van der Waals surface area contributed by atoms with Gasteiger partial charge < -0.3 is 10.3 Å². The van der Waals surface area contributed by atoms with Crippen molar-refractivity contribution < 1.29 is 4.90 Å². The van der Waals surface area contributed by atoms with Gasteiger partial charge in [-0.1, -0.05) is 0 Å². The van der Waals surface area contributed by atoms with Gasteiger partial charge in [-0.2, -0.15) is 15.8 Å². The van der Waals surface area contributed by atoms with Crippen LogP contribution in [0, 0.1) is 56.7 Å². The third kappa shape index (κ3) is 2.49. The minimum atomic E-state index is -1.64. The molecule has 0 aromatic carbocycles. The molecule has 0 spiro atoms. The van der Waals surface area contributed by atoms with Crippen LogP contribution in [0.25, 0.3) is 0 Å². The fourth-order valence-corrected chi connectivity index (χ4v) is 4.34. The van der Waals surface area contributed by atoms with E-state index in [1.54, 1.807) is 12.4 Å². The van der Waals surface area contributed by atoms with Gasteiger partial charge in [-0.3, -0.25) is 4.98 Å². The van der Waals surface area contributed by atoms with Crippen LogP contribution in [0.2, 0.25) is 0 Å². The average Bonchev–Trinajstić information content (AvgIpc) is 2.67. The van der Waals surface area contributed by atoms with E-state index in [0.29, 0.717) is 6.04 Å². The fourth-order valence-electron chi connectivity index (χ4n) is 4.34. The Morgan fingerprint density at radius 1 is 1.23 bits per heavy atom. The minimum Gasteiger partial charge on any atom is -0.329 e. The maximum absolute atomic E-state index is 9.96. The summed E-state index contributed by atoms with van der Waals surface area (Å²) < 4.78 is 0. The Bertz CT molecular complexity index is 850. The largest absolute Gasteiger partial charge is 0.329 e. The van der Waals surface area contributed by atoms with Gasteiger partial charge in [-0.05, 0) is 43.2 Å². The van der Waals surface area contributed by atoms with Crippen LogP contribution in [0.3, 0.4) is 0 Å². The van der Waals surface area contributed by atoms with Gasteiger partial charge in [0.2, 0.25) is 0 Å². The lowest BCUT2D eigenvalue weighted by Gasteiger charge is -2.46. The predicted molar refractivity (Wildman–Crippen MR) is 94.9 cm³/mol. The van der Waals surface area contributed by atoms with Crippen molar-refractivity contribution >= 4 is 5.71 Å². The Morgan fingerprint density at radius 2 is 1.88 bits per heavy atom. The van der Waals surface area contributed by atoms with Gasteiger partial charge in [0.1, 0.15) is 5.92 Å². The second kappa shape index (κ2) is 6.71. The van der Waals surface area contributed by atoms with Gasteiger partial charge in [0.25, 0.3) is 0 Å². The van der Waals surface area contributed by atoms with E-state index < -0.39 is 17.3 Å². The summed E-state index contributed by atoms with van der Waals surface area (Å²) in [5.41, 5.74) is -0.0132. The standard InChI is InChI=1S/C20H20N6/c1-13(2)26-8-5-15-16(9-21)19(24)20(11-22,12-23)18(17(15)10-26)14-3-6-25-7-4-14/h3-7,13,16-18,24H,8,10H2,1-2H3/p+1/t16?,17-,18-/m0/s1. The van der Waals surface area contributed by atoms with Gasteiger partial charge in [0, 0.05) is 24.2 Å². The quantitative estimate of drug-likeness (QED) is 0.785. The molecule has 0 saturated heterocycles. The van der Waals surface area contributed by atoms with Crippen LogP contribution in [-0.4, -0.2) is 29.8 Å². The van der Waals surface area contributed by atoms with Gasteiger partial charge in [-0.25, -0.2) is 0 Å². The SMILES string of the molecule is CC(C)[NH+]1CC=C2C(C#N)C(=N)C(C#N)(C#N)[C@@H](c3ccncc3)[C@H]2C1. The number of rotatable bonds is 2. The molecule has 1 aliphatic heterocycles. The zero-order valence-corrected chi connectivity index (χ0v) is 14.9. The molecule has 2 heterocycles. The van der Waals surface area contributed by atoms with Gasteiger partial charge in [0.15, 0.2) is 5.41 Å². The minimum absolute atomic E-state index is 0.0951. The number of hydrogen-bond donors (Lipinski definition) is 2. The molecular weight excluding hydrogens is 324 g/mol. The highest BCUT2D eigenvalue weighted by Gasteiger charge is 2.58. The van der Waals surface area contributed by atoms with Crippen molar-refractivity contribution in [1.82, 2.24) is 4.98 Å². The molecule has 1 saturated carbocycles. The Hall–Kier alpha value is -3.01. The van der Waals surface area contributed by atoms with Crippen molar-refractivity contribution in [3.8, 4) is 18.2 Å². The predicted octanol–water partition coefficient (Wildman–Crippen LogP) is 1.22. The smallest absolute Gasteiger partial charge is 0.189 e. The molecule has 2 N–H and O–H groups in total. The summed E-state index contributed by atoms with van der Waals surface area (Å²) in [6.45, 7) is 5.82. The molecule has 1 aromatic rings. The van der Waals surface area contributed by atoms with E-state index in [-0.39, 0.29) is 11.6 Å². The first kappa shape index (κ1) is 17.8. The first-order valence-electron chi connectivity index (χ1n) is 8.75. The van der Waals surface area contributed by atoms with E-state index in [0.717, 1.165) is 24.2 Å². The number of hydrogen-bond acceptors (Lipinski definition) is 5. The second-order valence-electron chi connectivity index (χ2n) is 7.30. The maximum atomic E-state index is 9.96. The van der Waals surface area contributed by atoms with Crippen LogP contribution in [0.5, 0.6) is 0 Å². The van der Waals surface area contributed by atoms with Crippen molar-refractivity contribution in [2.75, 3.05) is 13.1 Å². The van der Waals surface area contributed by atoms with E-state index in [4.69, 9.17) is 5.41 Å². The normalized spacial score (nSPS) is 29.7. The Labute approximate surface area is 153 Å². The third-order valence-corrected chi connectivity index (χ3v) is 5.79. The lowest BCUT2D eigenvalue weighted by molar-refractivity contribution is -0.920. The van der Waals surface area contributed by atoms with Crippen LogP contribution in [0.4, 0.5) is 0 Å². The summed E-state index contributed by atoms with van der Waals surface area (Å²) in [7, 11) is 0. The van der Waals surface area contributed by atoms with Gasteiger partial charge in [-0.15, -0.1) is 0 Å². The first-order chi connectivity index (χ1) is 12.5. The van der Waals surface area contributed by atoms with Crippen molar-refractivity contribution in [1.29, 1.82) is 21.2 Å². The number of aromatic nitrogens is 1. The van der Waals surface area contributed by atoms with Crippen LogP contribution in [0.15, 0.2) is 36.2 Å². The molecule has 1 aliphatic carbocycles. The molecule has 6 heteroatoms. The van der Waals surface area contributed by atoms with Crippen LogP contribution < -0.4 is 4.90 Å². The number of fused-ring (bicyclic) bond motifs is 1. The van der Waals surface area contributed by atoms with Gasteiger partial charge >= 0.3 is 0 Å². The number of quaternary nitrogens is 1. The highest BCUT2D eigenvalue weighted by Crippen LogP contribution is 2.52. The van der Waals surface area contributed by atoms with Crippen LogP contribution >= 0.6 is 0 Å². The van der Waals surface area contributed by atoms with Crippen molar-refractivity contribution in [2.45, 2.75) is 25.8 Å². The molecule has 0 bridgehead atoms. The van der Waals surface area contributed by atoms with E-state index in [1.807, 2.05) is 12.1 Å². The molecule has 0 amide bonds. The lowest BCUT2D eigenvalue weighted by Crippen LogP contribution is -3.16. The Kier molecular flexibility index (Phi) is 4.60. The fraction of sp³-hybridized carbons (Fsp3) is 0.450. The number of nitriles is 3. The summed E-state index contributed by atoms with van der Waals surface area (Å²) in [5.74, 6) is -1.40. The summed E-state index contributed by atoms with van der Waals surface area (Å²) in [4.78, 5) is 5.40.